The molecule has 7 heteroatoms. The Morgan fingerprint density at radius 2 is 2.26 bits per heavy atom. The minimum absolute atomic E-state index is 0.0578. The van der Waals surface area contributed by atoms with E-state index < -0.39 is 0 Å². The molecule has 3 rings (SSSR count). The normalized spacial score (nSPS) is 10.7. The van der Waals surface area contributed by atoms with Crippen molar-refractivity contribution in [2.75, 3.05) is 5.73 Å². The van der Waals surface area contributed by atoms with Crippen LogP contribution in [0.25, 0.3) is 11.3 Å². The van der Waals surface area contributed by atoms with Crippen LogP contribution in [0.15, 0.2) is 41.2 Å². The monoisotopic (exact) mass is 273 g/mol. The molecular formula is C12H11N5OS. The predicted octanol–water partition coefficient (Wildman–Crippen LogP) is 1.33. The summed E-state index contributed by atoms with van der Waals surface area (Å²) in [5.41, 5.74) is 9.14. The van der Waals surface area contributed by atoms with Crippen LogP contribution in [0.1, 0.15) is 5.69 Å². The zero-order chi connectivity index (χ0) is 13.2. The number of nitrogens with zero attached hydrogens (tertiary/aromatic N) is 3. The van der Waals surface area contributed by atoms with Gasteiger partial charge in [-0.3, -0.25) is 9.78 Å². The lowest BCUT2D eigenvalue weighted by Gasteiger charge is -2.08. The van der Waals surface area contributed by atoms with Gasteiger partial charge in [0.25, 0.3) is 0 Å². The maximum absolute atomic E-state index is 11.1. The van der Waals surface area contributed by atoms with Crippen LogP contribution in [-0.4, -0.2) is 19.5 Å². The summed E-state index contributed by atoms with van der Waals surface area (Å²) in [6.45, 7) is 0.544. The predicted molar refractivity (Wildman–Crippen MR) is 73.9 cm³/mol. The highest BCUT2D eigenvalue weighted by molar-refractivity contribution is 7.07. The summed E-state index contributed by atoms with van der Waals surface area (Å²) in [6, 6.07) is 1.75. The highest BCUT2D eigenvalue weighted by Crippen LogP contribution is 2.24. The first-order valence-corrected chi connectivity index (χ1v) is 6.48. The molecule has 0 saturated heterocycles. The summed E-state index contributed by atoms with van der Waals surface area (Å²) in [4.78, 5) is 22.1. The quantitative estimate of drug-likeness (QED) is 0.753. The minimum Gasteiger partial charge on any atom is -0.398 e. The van der Waals surface area contributed by atoms with E-state index in [1.165, 1.54) is 0 Å². The SMILES string of the molecule is Nc1ccncc1-c1cncn1Cc1csc(=O)[nH]1. The molecule has 3 heterocycles. The van der Waals surface area contributed by atoms with Gasteiger partial charge in [0.15, 0.2) is 0 Å². The maximum Gasteiger partial charge on any atom is 0.304 e. The molecule has 0 unspecified atom stereocenters. The number of H-pyrrole nitrogens is 1. The summed E-state index contributed by atoms with van der Waals surface area (Å²) >= 11 is 1.15. The molecule has 0 aliphatic rings. The third-order valence-electron chi connectivity index (χ3n) is 2.75. The molecule has 3 aromatic heterocycles. The standard InChI is InChI=1S/C12H11N5OS/c13-10-1-2-14-3-9(10)11-4-15-7-17(11)5-8-6-19-12(18)16-8/h1-4,6-7H,5H2,(H2,13,14)(H,16,18). The van der Waals surface area contributed by atoms with Crippen LogP contribution in [0, 0.1) is 0 Å². The summed E-state index contributed by atoms with van der Waals surface area (Å²) in [7, 11) is 0. The highest BCUT2D eigenvalue weighted by Gasteiger charge is 2.09. The minimum atomic E-state index is -0.0578. The topological polar surface area (TPSA) is 89.6 Å². The van der Waals surface area contributed by atoms with Gasteiger partial charge in [0.05, 0.1) is 24.8 Å². The summed E-state index contributed by atoms with van der Waals surface area (Å²) in [6.07, 6.45) is 6.80. The fourth-order valence-electron chi connectivity index (χ4n) is 1.87. The van der Waals surface area contributed by atoms with Gasteiger partial charge in [-0.1, -0.05) is 11.3 Å². The molecular weight excluding hydrogens is 262 g/mol. The average Bonchev–Trinajstić information content (AvgIpc) is 3.00. The summed E-state index contributed by atoms with van der Waals surface area (Å²) in [5.74, 6) is 0. The number of nitrogens with two attached hydrogens (primary N) is 1. The van der Waals surface area contributed by atoms with Gasteiger partial charge in [0, 0.05) is 34.7 Å². The van der Waals surface area contributed by atoms with Gasteiger partial charge in [-0.2, -0.15) is 0 Å². The van der Waals surface area contributed by atoms with Crippen molar-refractivity contribution in [3.05, 3.63) is 51.7 Å². The Morgan fingerprint density at radius 1 is 1.37 bits per heavy atom. The second kappa shape index (κ2) is 4.69. The van der Waals surface area contributed by atoms with E-state index in [2.05, 4.69) is 15.0 Å². The molecule has 0 amide bonds. The third kappa shape index (κ3) is 2.27. The largest absolute Gasteiger partial charge is 0.398 e. The zero-order valence-corrected chi connectivity index (χ0v) is 10.7. The van der Waals surface area contributed by atoms with Crippen molar-refractivity contribution in [2.24, 2.45) is 0 Å². The molecule has 0 saturated carbocycles. The maximum atomic E-state index is 11.1. The van der Waals surface area contributed by atoms with Crippen molar-refractivity contribution in [3.63, 3.8) is 0 Å². The zero-order valence-electron chi connectivity index (χ0n) is 9.91. The molecule has 3 aromatic rings. The van der Waals surface area contributed by atoms with Gasteiger partial charge in [-0.15, -0.1) is 0 Å². The fourth-order valence-corrected chi connectivity index (χ4v) is 2.44. The van der Waals surface area contributed by atoms with Gasteiger partial charge < -0.3 is 15.3 Å². The van der Waals surface area contributed by atoms with E-state index in [9.17, 15) is 4.79 Å². The number of anilines is 1. The van der Waals surface area contributed by atoms with Crippen molar-refractivity contribution in [2.45, 2.75) is 6.54 Å². The number of pyridine rings is 1. The van der Waals surface area contributed by atoms with Crippen molar-refractivity contribution >= 4 is 17.0 Å². The summed E-state index contributed by atoms with van der Waals surface area (Å²) < 4.78 is 1.92. The van der Waals surface area contributed by atoms with Crippen molar-refractivity contribution < 1.29 is 0 Å². The molecule has 19 heavy (non-hydrogen) atoms. The number of hydrogen-bond acceptors (Lipinski definition) is 5. The fraction of sp³-hybridized carbons (Fsp3) is 0.0833. The molecule has 96 valence electrons. The molecule has 0 aliphatic carbocycles. The van der Waals surface area contributed by atoms with E-state index in [-0.39, 0.29) is 4.87 Å². The van der Waals surface area contributed by atoms with Crippen LogP contribution in [0.4, 0.5) is 5.69 Å². The van der Waals surface area contributed by atoms with Gasteiger partial charge in [0.2, 0.25) is 0 Å². The van der Waals surface area contributed by atoms with Crippen molar-refractivity contribution in [1.82, 2.24) is 19.5 Å². The van der Waals surface area contributed by atoms with E-state index in [1.807, 2.05) is 4.57 Å². The summed E-state index contributed by atoms with van der Waals surface area (Å²) in [5, 5.41) is 1.80. The lowest BCUT2D eigenvalue weighted by Crippen LogP contribution is -2.04. The van der Waals surface area contributed by atoms with Crippen LogP contribution in [0.5, 0.6) is 0 Å². The van der Waals surface area contributed by atoms with Crippen LogP contribution >= 0.6 is 11.3 Å². The molecule has 0 bridgehead atoms. The van der Waals surface area contributed by atoms with Crippen LogP contribution in [0.3, 0.4) is 0 Å². The molecule has 0 atom stereocenters. The first-order chi connectivity index (χ1) is 9.24. The number of rotatable bonds is 3. The van der Waals surface area contributed by atoms with Gasteiger partial charge in [0.1, 0.15) is 0 Å². The highest BCUT2D eigenvalue weighted by atomic mass is 32.1. The molecule has 0 fully saturated rings. The molecule has 0 spiro atoms. The number of nitrogens with one attached hydrogen (secondary N) is 1. The number of imidazole rings is 1. The van der Waals surface area contributed by atoms with E-state index in [1.54, 1.807) is 36.4 Å². The molecule has 0 aliphatic heterocycles. The van der Waals surface area contributed by atoms with Crippen molar-refractivity contribution in [1.29, 1.82) is 0 Å². The third-order valence-corrected chi connectivity index (χ3v) is 3.47. The number of aromatic amines is 1. The number of nitrogen functional groups attached to an aromatic ring is 1. The number of thiazole rings is 1. The first-order valence-electron chi connectivity index (χ1n) is 5.61. The van der Waals surface area contributed by atoms with Gasteiger partial charge in [-0.05, 0) is 6.07 Å². The molecule has 0 radical (unpaired) electrons. The van der Waals surface area contributed by atoms with Gasteiger partial charge in [-0.25, -0.2) is 4.98 Å². The first kappa shape index (κ1) is 11.7. The molecule has 3 N–H and O–H groups in total. The van der Waals surface area contributed by atoms with E-state index in [0.717, 1.165) is 28.3 Å². The average molecular weight is 273 g/mol. The Labute approximate surface area is 112 Å². The Kier molecular flexibility index (Phi) is 2.88. The number of aromatic nitrogens is 4. The van der Waals surface area contributed by atoms with Crippen LogP contribution in [0.2, 0.25) is 0 Å². The molecule has 6 nitrogen and oxygen atoms in total. The Morgan fingerprint density at radius 3 is 3.00 bits per heavy atom. The Hall–Kier alpha value is -2.41. The van der Waals surface area contributed by atoms with Crippen molar-refractivity contribution in [3.8, 4) is 11.3 Å². The lowest BCUT2D eigenvalue weighted by atomic mass is 10.2. The smallest absolute Gasteiger partial charge is 0.304 e. The van der Waals surface area contributed by atoms with Crippen LogP contribution < -0.4 is 10.6 Å². The van der Waals surface area contributed by atoms with Crippen LogP contribution in [-0.2, 0) is 6.54 Å². The second-order valence-electron chi connectivity index (χ2n) is 4.04. The van der Waals surface area contributed by atoms with E-state index in [4.69, 9.17) is 5.73 Å². The second-order valence-corrected chi connectivity index (χ2v) is 4.89. The lowest BCUT2D eigenvalue weighted by molar-refractivity contribution is 0.783. The molecule has 0 aromatic carbocycles. The van der Waals surface area contributed by atoms with E-state index in [0.29, 0.717) is 12.2 Å². The Bertz CT molecular complexity index is 757. The number of hydrogen-bond donors (Lipinski definition) is 2. The van der Waals surface area contributed by atoms with E-state index >= 15 is 0 Å². The Balaban J connectivity index is 1.99. The van der Waals surface area contributed by atoms with Gasteiger partial charge >= 0.3 is 4.87 Å².